The SMILES string of the molecule is O=C(OC1CC(S(=O)(=O)[O-])S(=O)(=O)C1)C12CC3CC(CC(C3)C1)C2. The topological polar surface area (TPSA) is 118 Å². The zero-order valence-electron chi connectivity index (χ0n) is 13.2. The molecule has 1 saturated heterocycles. The highest BCUT2D eigenvalue weighted by Gasteiger charge is 2.56. The zero-order chi connectivity index (χ0) is 17.3. The number of sulfone groups is 1. The molecule has 5 rings (SSSR count). The van der Waals surface area contributed by atoms with Gasteiger partial charge in [-0.2, -0.15) is 0 Å². The first-order valence-electron chi connectivity index (χ1n) is 8.45. The molecule has 4 bridgehead atoms. The van der Waals surface area contributed by atoms with Gasteiger partial charge in [-0.1, -0.05) is 0 Å². The maximum absolute atomic E-state index is 12.8. The number of hydrogen-bond donors (Lipinski definition) is 0. The lowest BCUT2D eigenvalue weighted by atomic mass is 9.49. The summed E-state index contributed by atoms with van der Waals surface area (Å²) in [5, 5.41) is 0. The first kappa shape index (κ1) is 16.8. The molecular formula is C15H21O7S2-. The van der Waals surface area contributed by atoms with E-state index in [9.17, 15) is 26.2 Å². The minimum atomic E-state index is -4.95. The predicted octanol–water partition coefficient (Wildman–Crippen LogP) is 0.804. The Balaban J connectivity index is 1.50. The van der Waals surface area contributed by atoms with Crippen molar-refractivity contribution in [3.63, 3.8) is 0 Å². The largest absolute Gasteiger partial charge is 0.747 e. The molecular weight excluding hydrogens is 356 g/mol. The number of hydrogen-bond acceptors (Lipinski definition) is 7. The van der Waals surface area contributed by atoms with Gasteiger partial charge in [0.2, 0.25) is 0 Å². The van der Waals surface area contributed by atoms with Crippen molar-refractivity contribution in [1.82, 2.24) is 0 Å². The molecule has 4 aliphatic carbocycles. The molecule has 0 amide bonds. The van der Waals surface area contributed by atoms with Gasteiger partial charge < -0.3 is 9.29 Å². The number of rotatable bonds is 3. The maximum atomic E-state index is 12.8. The lowest BCUT2D eigenvalue weighted by Crippen LogP contribution is -2.51. The Bertz CT molecular complexity index is 732. The Hall–Kier alpha value is -0.670. The van der Waals surface area contributed by atoms with Crippen molar-refractivity contribution in [2.24, 2.45) is 23.2 Å². The standard InChI is InChI=1S/C15H22O7S2/c16-14(15-5-9-1-10(6-15)3-11(2-9)7-15)22-12-4-13(24(19,20)21)23(17,18)8-12/h9-13H,1-8H2,(H,19,20,21)/p-1. The molecule has 136 valence electrons. The Morgan fingerprint density at radius 3 is 1.92 bits per heavy atom. The van der Waals surface area contributed by atoms with Crippen LogP contribution < -0.4 is 0 Å². The van der Waals surface area contributed by atoms with Crippen LogP contribution in [0.1, 0.15) is 44.9 Å². The van der Waals surface area contributed by atoms with E-state index in [-0.39, 0.29) is 5.97 Å². The van der Waals surface area contributed by atoms with Crippen LogP contribution in [0.2, 0.25) is 0 Å². The fourth-order valence-electron chi connectivity index (χ4n) is 5.81. The average Bonchev–Trinajstić information content (AvgIpc) is 2.71. The molecule has 0 radical (unpaired) electrons. The summed E-state index contributed by atoms with van der Waals surface area (Å²) < 4.78 is 60.6. The van der Waals surface area contributed by atoms with Crippen LogP contribution in [0.15, 0.2) is 0 Å². The highest BCUT2D eigenvalue weighted by Crippen LogP contribution is 2.60. The van der Waals surface area contributed by atoms with Crippen LogP contribution in [0.5, 0.6) is 0 Å². The molecule has 1 aliphatic heterocycles. The summed E-state index contributed by atoms with van der Waals surface area (Å²) in [6.07, 6.45) is 4.42. The lowest BCUT2D eigenvalue weighted by molar-refractivity contribution is -0.175. The number of carbonyl (C=O) groups excluding carboxylic acids is 1. The Labute approximate surface area is 141 Å². The van der Waals surface area contributed by atoms with E-state index in [2.05, 4.69) is 0 Å². The summed E-state index contributed by atoms with van der Waals surface area (Å²) in [4.78, 5) is 12.8. The molecule has 2 unspecified atom stereocenters. The van der Waals surface area contributed by atoms with Crippen LogP contribution in [0.3, 0.4) is 0 Å². The van der Waals surface area contributed by atoms with Crippen LogP contribution in [0.25, 0.3) is 0 Å². The molecule has 5 aliphatic rings. The van der Waals surface area contributed by atoms with Crippen molar-refractivity contribution in [1.29, 1.82) is 0 Å². The molecule has 4 saturated carbocycles. The second kappa shape index (κ2) is 5.17. The van der Waals surface area contributed by atoms with E-state index in [4.69, 9.17) is 4.74 Å². The molecule has 0 aromatic heterocycles. The van der Waals surface area contributed by atoms with E-state index >= 15 is 0 Å². The average molecular weight is 377 g/mol. The second-order valence-electron chi connectivity index (χ2n) is 8.21. The van der Waals surface area contributed by atoms with Gasteiger partial charge in [0.15, 0.2) is 14.4 Å². The summed E-state index contributed by atoms with van der Waals surface area (Å²) in [5.74, 6) is 0.686. The maximum Gasteiger partial charge on any atom is 0.312 e. The summed E-state index contributed by atoms with van der Waals surface area (Å²) in [6, 6.07) is 0. The molecule has 0 aromatic carbocycles. The van der Waals surface area contributed by atoms with E-state index < -0.39 is 48.2 Å². The molecule has 0 aromatic rings. The van der Waals surface area contributed by atoms with E-state index in [1.165, 1.54) is 19.3 Å². The van der Waals surface area contributed by atoms with E-state index in [1.54, 1.807) is 0 Å². The molecule has 0 spiro atoms. The van der Waals surface area contributed by atoms with Crippen LogP contribution >= 0.6 is 0 Å². The van der Waals surface area contributed by atoms with Crippen LogP contribution in [0, 0.1) is 23.2 Å². The Kier molecular flexibility index (Phi) is 3.61. The molecule has 0 N–H and O–H groups in total. The highest BCUT2D eigenvalue weighted by atomic mass is 32.3. The normalized spacial score (nSPS) is 46.1. The highest BCUT2D eigenvalue weighted by molar-refractivity contribution is 8.06. The number of carbonyl (C=O) groups is 1. The molecule has 7 nitrogen and oxygen atoms in total. The summed E-state index contributed by atoms with van der Waals surface area (Å²) in [5.41, 5.74) is -0.521. The Morgan fingerprint density at radius 1 is 1.00 bits per heavy atom. The van der Waals surface area contributed by atoms with E-state index in [0.29, 0.717) is 17.8 Å². The van der Waals surface area contributed by atoms with Gasteiger partial charge >= 0.3 is 5.97 Å². The predicted molar refractivity (Wildman–Crippen MR) is 82.4 cm³/mol. The van der Waals surface area contributed by atoms with Crippen LogP contribution in [-0.2, 0) is 29.5 Å². The van der Waals surface area contributed by atoms with Crippen molar-refractivity contribution in [3.8, 4) is 0 Å². The third kappa shape index (κ3) is 2.68. The number of ether oxygens (including phenoxy) is 1. The Morgan fingerprint density at radius 2 is 1.50 bits per heavy atom. The van der Waals surface area contributed by atoms with Gasteiger partial charge in [0.1, 0.15) is 16.2 Å². The van der Waals surface area contributed by atoms with Crippen LogP contribution in [0.4, 0.5) is 0 Å². The van der Waals surface area contributed by atoms with Crippen molar-refractivity contribution in [2.75, 3.05) is 5.75 Å². The molecule has 5 fully saturated rings. The fourth-order valence-corrected chi connectivity index (χ4v) is 9.38. The van der Waals surface area contributed by atoms with Gasteiger partial charge in [-0.05, 0) is 56.3 Å². The smallest absolute Gasteiger partial charge is 0.312 e. The third-order valence-electron chi connectivity index (χ3n) is 6.34. The van der Waals surface area contributed by atoms with Crippen molar-refractivity contribution >= 4 is 25.9 Å². The van der Waals surface area contributed by atoms with E-state index in [1.807, 2.05) is 0 Å². The van der Waals surface area contributed by atoms with Crippen LogP contribution in [-0.4, -0.2) is 43.8 Å². The van der Waals surface area contributed by atoms with Gasteiger partial charge in [0.05, 0.1) is 11.2 Å². The van der Waals surface area contributed by atoms with Gasteiger partial charge in [-0.3, -0.25) is 4.79 Å². The van der Waals surface area contributed by atoms with Gasteiger partial charge in [-0.25, -0.2) is 16.8 Å². The molecule has 1 heterocycles. The molecule has 9 heteroatoms. The molecule has 24 heavy (non-hydrogen) atoms. The zero-order valence-corrected chi connectivity index (χ0v) is 14.9. The molecule has 2 atom stereocenters. The van der Waals surface area contributed by atoms with Crippen molar-refractivity contribution < 1.29 is 30.9 Å². The summed E-state index contributed by atoms with van der Waals surface area (Å²) in [7, 11) is -9.03. The minimum Gasteiger partial charge on any atom is -0.747 e. The summed E-state index contributed by atoms with van der Waals surface area (Å²) in [6.45, 7) is 0. The minimum absolute atomic E-state index is 0.384. The quantitative estimate of drug-likeness (QED) is 0.527. The fraction of sp³-hybridized carbons (Fsp3) is 0.933. The van der Waals surface area contributed by atoms with Gasteiger partial charge in [0.25, 0.3) is 0 Å². The lowest BCUT2D eigenvalue weighted by Gasteiger charge is -2.55. The third-order valence-corrected chi connectivity index (χ3v) is 10.6. The second-order valence-corrected chi connectivity index (χ2v) is 12.3. The van der Waals surface area contributed by atoms with Gasteiger partial charge in [-0.15, -0.1) is 0 Å². The van der Waals surface area contributed by atoms with Gasteiger partial charge in [0, 0.05) is 6.42 Å². The first-order chi connectivity index (χ1) is 11.1. The van der Waals surface area contributed by atoms with Crippen molar-refractivity contribution in [2.45, 2.75) is 55.6 Å². The monoisotopic (exact) mass is 377 g/mol. The first-order valence-corrected chi connectivity index (χ1v) is 11.6. The van der Waals surface area contributed by atoms with Crippen molar-refractivity contribution in [3.05, 3.63) is 0 Å². The summed E-state index contributed by atoms with van der Waals surface area (Å²) >= 11 is 0. The number of esters is 1. The van der Waals surface area contributed by atoms with E-state index in [0.717, 1.165) is 19.3 Å².